The van der Waals surface area contributed by atoms with E-state index in [0.717, 1.165) is 24.9 Å². The standard InChI is InChI=1S/C14H19NO3/c1-17-13-6-5-10(9-14(13)18-2)8-12(16)11-4-3-7-15-11/h5-6,9,11,15H,3-4,7-8H2,1-2H3. The summed E-state index contributed by atoms with van der Waals surface area (Å²) in [4.78, 5) is 12.0. The average molecular weight is 249 g/mol. The van der Waals surface area contributed by atoms with E-state index in [1.807, 2.05) is 18.2 Å². The van der Waals surface area contributed by atoms with E-state index in [9.17, 15) is 4.79 Å². The first-order chi connectivity index (χ1) is 8.74. The number of hydrogen-bond acceptors (Lipinski definition) is 4. The van der Waals surface area contributed by atoms with Gasteiger partial charge in [-0.1, -0.05) is 6.07 Å². The largest absolute Gasteiger partial charge is 0.493 e. The lowest BCUT2D eigenvalue weighted by molar-refractivity contribution is -0.120. The Hall–Kier alpha value is -1.55. The summed E-state index contributed by atoms with van der Waals surface area (Å²) < 4.78 is 10.4. The van der Waals surface area contributed by atoms with Crippen LogP contribution in [-0.4, -0.2) is 32.6 Å². The maximum absolute atomic E-state index is 12.0. The van der Waals surface area contributed by atoms with Crippen molar-refractivity contribution in [3.05, 3.63) is 23.8 Å². The van der Waals surface area contributed by atoms with Gasteiger partial charge in [0.25, 0.3) is 0 Å². The van der Waals surface area contributed by atoms with E-state index in [4.69, 9.17) is 9.47 Å². The lowest BCUT2D eigenvalue weighted by atomic mass is 10.0. The SMILES string of the molecule is COc1ccc(CC(=O)C2CCCN2)cc1OC. The number of Topliss-reactive ketones (excluding diaryl/α,β-unsaturated/α-hetero) is 1. The van der Waals surface area contributed by atoms with Crippen LogP contribution >= 0.6 is 0 Å². The van der Waals surface area contributed by atoms with Crippen LogP contribution in [0.3, 0.4) is 0 Å². The predicted octanol–water partition coefficient (Wildman–Crippen LogP) is 1.57. The van der Waals surface area contributed by atoms with Crippen LogP contribution in [0.25, 0.3) is 0 Å². The summed E-state index contributed by atoms with van der Waals surface area (Å²) in [6.07, 6.45) is 2.48. The Bertz CT molecular complexity index is 425. The maximum atomic E-state index is 12.0. The molecule has 98 valence electrons. The first kappa shape index (κ1) is 12.9. The number of hydrogen-bond donors (Lipinski definition) is 1. The molecule has 2 rings (SSSR count). The van der Waals surface area contributed by atoms with Gasteiger partial charge in [0.05, 0.1) is 20.3 Å². The third-order valence-electron chi connectivity index (χ3n) is 3.28. The Balaban J connectivity index is 2.06. The molecular weight excluding hydrogens is 230 g/mol. The number of ether oxygens (including phenoxy) is 2. The van der Waals surface area contributed by atoms with Crippen LogP contribution in [0, 0.1) is 0 Å². The number of carbonyl (C=O) groups is 1. The van der Waals surface area contributed by atoms with Gasteiger partial charge in [0.2, 0.25) is 0 Å². The molecule has 1 aromatic rings. The molecular formula is C14H19NO3. The van der Waals surface area contributed by atoms with Crippen molar-refractivity contribution in [2.75, 3.05) is 20.8 Å². The van der Waals surface area contributed by atoms with E-state index < -0.39 is 0 Å². The highest BCUT2D eigenvalue weighted by atomic mass is 16.5. The van der Waals surface area contributed by atoms with Crippen LogP contribution in [0.2, 0.25) is 0 Å². The fourth-order valence-electron chi connectivity index (χ4n) is 2.27. The first-order valence-corrected chi connectivity index (χ1v) is 6.21. The Morgan fingerprint density at radius 3 is 2.72 bits per heavy atom. The number of carbonyl (C=O) groups excluding carboxylic acids is 1. The molecule has 18 heavy (non-hydrogen) atoms. The average Bonchev–Trinajstić information content (AvgIpc) is 2.92. The molecule has 1 heterocycles. The van der Waals surface area contributed by atoms with Gasteiger partial charge < -0.3 is 14.8 Å². The summed E-state index contributed by atoms with van der Waals surface area (Å²) in [5.74, 6) is 1.61. The maximum Gasteiger partial charge on any atom is 0.161 e. The van der Waals surface area contributed by atoms with E-state index >= 15 is 0 Å². The van der Waals surface area contributed by atoms with Gasteiger partial charge in [-0.2, -0.15) is 0 Å². The third-order valence-corrected chi connectivity index (χ3v) is 3.28. The van der Waals surface area contributed by atoms with Crippen LogP contribution in [-0.2, 0) is 11.2 Å². The predicted molar refractivity (Wildman–Crippen MR) is 69.3 cm³/mol. The second-order valence-corrected chi connectivity index (χ2v) is 4.48. The van der Waals surface area contributed by atoms with Crippen LogP contribution in [0.4, 0.5) is 0 Å². The molecule has 0 amide bonds. The van der Waals surface area contributed by atoms with Gasteiger partial charge in [-0.05, 0) is 37.1 Å². The molecule has 0 aromatic heterocycles. The molecule has 1 N–H and O–H groups in total. The zero-order valence-corrected chi connectivity index (χ0v) is 10.9. The van der Waals surface area contributed by atoms with Gasteiger partial charge in [-0.15, -0.1) is 0 Å². The Labute approximate surface area is 107 Å². The summed E-state index contributed by atoms with van der Waals surface area (Å²) in [6.45, 7) is 0.947. The van der Waals surface area contributed by atoms with Crippen molar-refractivity contribution in [3.8, 4) is 11.5 Å². The van der Waals surface area contributed by atoms with Gasteiger partial charge in [-0.3, -0.25) is 4.79 Å². The molecule has 1 atom stereocenters. The highest BCUT2D eigenvalue weighted by Crippen LogP contribution is 2.28. The van der Waals surface area contributed by atoms with E-state index in [0.29, 0.717) is 17.9 Å². The first-order valence-electron chi connectivity index (χ1n) is 6.21. The lowest BCUT2D eigenvalue weighted by Gasteiger charge is -2.11. The summed E-state index contributed by atoms with van der Waals surface area (Å²) in [6, 6.07) is 5.64. The minimum atomic E-state index is 0.0260. The number of nitrogens with one attached hydrogen (secondary N) is 1. The molecule has 1 fully saturated rings. The molecule has 4 heteroatoms. The molecule has 4 nitrogen and oxygen atoms in total. The summed E-state index contributed by atoms with van der Waals surface area (Å²) in [7, 11) is 3.20. The Morgan fingerprint density at radius 2 is 2.11 bits per heavy atom. The van der Waals surface area contributed by atoms with E-state index in [2.05, 4.69) is 5.32 Å². The third kappa shape index (κ3) is 2.82. The molecule has 1 unspecified atom stereocenters. The van der Waals surface area contributed by atoms with Crippen molar-refractivity contribution in [1.29, 1.82) is 0 Å². The number of methoxy groups -OCH3 is 2. The normalized spacial score (nSPS) is 18.7. The lowest BCUT2D eigenvalue weighted by Crippen LogP contribution is -2.31. The van der Waals surface area contributed by atoms with E-state index in [-0.39, 0.29) is 11.8 Å². The van der Waals surface area contributed by atoms with Crippen molar-refractivity contribution in [1.82, 2.24) is 5.32 Å². The minimum absolute atomic E-state index is 0.0260. The van der Waals surface area contributed by atoms with Crippen molar-refractivity contribution in [3.63, 3.8) is 0 Å². The molecule has 1 aliphatic heterocycles. The van der Waals surface area contributed by atoms with Gasteiger partial charge >= 0.3 is 0 Å². The van der Waals surface area contributed by atoms with Crippen LogP contribution < -0.4 is 14.8 Å². The second-order valence-electron chi connectivity index (χ2n) is 4.48. The van der Waals surface area contributed by atoms with Gasteiger partial charge in [-0.25, -0.2) is 0 Å². The number of rotatable bonds is 5. The van der Waals surface area contributed by atoms with Crippen LogP contribution in [0.5, 0.6) is 11.5 Å². The minimum Gasteiger partial charge on any atom is -0.493 e. The summed E-state index contributed by atoms with van der Waals surface area (Å²) in [5, 5.41) is 3.22. The quantitative estimate of drug-likeness (QED) is 0.860. The molecule has 1 aliphatic rings. The van der Waals surface area contributed by atoms with Gasteiger partial charge in [0, 0.05) is 6.42 Å². The molecule has 0 spiro atoms. The molecule has 0 saturated carbocycles. The fourth-order valence-corrected chi connectivity index (χ4v) is 2.27. The zero-order valence-electron chi connectivity index (χ0n) is 10.9. The number of ketones is 1. The summed E-state index contributed by atoms with van der Waals surface area (Å²) >= 11 is 0. The smallest absolute Gasteiger partial charge is 0.161 e. The monoisotopic (exact) mass is 249 g/mol. The van der Waals surface area contributed by atoms with Crippen molar-refractivity contribution in [2.24, 2.45) is 0 Å². The molecule has 0 bridgehead atoms. The van der Waals surface area contributed by atoms with Crippen LogP contribution in [0.15, 0.2) is 18.2 Å². The fraction of sp³-hybridized carbons (Fsp3) is 0.500. The summed E-state index contributed by atoms with van der Waals surface area (Å²) in [5.41, 5.74) is 0.964. The second kappa shape index (κ2) is 5.87. The number of benzene rings is 1. The topological polar surface area (TPSA) is 47.6 Å². The van der Waals surface area contributed by atoms with E-state index in [1.165, 1.54) is 0 Å². The van der Waals surface area contributed by atoms with Crippen molar-refractivity contribution < 1.29 is 14.3 Å². The molecule has 0 aliphatic carbocycles. The highest BCUT2D eigenvalue weighted by molar-refractivity contribution is 5.86. The van der Waals surface area contributed by atoms with Crippen LogP contribution in [0.1, 0.15) is 18.4 Å². The Kier molecular flexibility index (Phi) is 4.20. The zero-order chi connectivity index (χ0) is 13.0. The van der Waals surface area contributed by atoms with Gasteiger partial charge in [0.1, 0.15) is 0 Å². The molecule has 1 saturated heterocycles. The highest BCUT2D eigenvalue weighted by Gasteiger charge is 2.22. The molecule has 0 radical (unpaired) electrons. The van der Waals surface area contributed by atoms with Crippen molar-refractivity contribution in [2.45, 2.75) is 25.3 Å². The van der Waals surface area contributed by atoms with Crippen molar-refractivity contribution >= 4 is 5.78 Å². The Morgan fingerprint density at radius 1 is 1.33 bits per heavy atom. The molecule has 1 aromatic carbocycles. The van der Waals surface area contributed by atoms with E-state index in [1.54, 1.807) is 14.2 Å². The van der Waals surface area contributed by atoms with Gasteiger partial charge in [0.15, 0.2) is 17.3 Å².